The SMILES string of the molecule is CONCC(C)C/C=C(F)\C=C/COC1CCN(C)CC1. The molecule has 0 radical (unpaired) electrons. The van der Waals surface area contributed by atoms with Crippen LogP contribution >= 0.6 is 0 Å². The van der Waals surface area contributed by atoms with E-state index >= 15 is 0 Å². The van der Waals surface area contributed by atoms with Gasteiger partial charge >= 0.3 is 0 Å². The lowest BCUT2D eigenvalue weighted by atomic mass is 10.1. The lowest BCUT2D eigenvalue weighted by Crippen LogP contribution is -2.34. The van der Waals surface area contributed by atoms with Crippen molar-refractivity contribution in [2.45, 2.75) is 32.3 Å². The van der Waals surface area contributed by atoms with Crippen molar-refractivity contribution in [1.82, 2.24) is 10.4 Å². The van der Waals surface area contributed by atoms with E-state index in [9.17, 15) is 4.39 Å². The molecule has 122 valence electrons. The van der Waals surface area contributed by atoms with Gasteiger partial charge in [0.25, 0.3) is 0 Å². The lowest BCUT2D eigenvalue weighted by Gasteiger charge is -2.28. The summed E-state index contributed by atoms with van der Waals surface area (Å²) in [4.78, 5) is 7.07. The molecule has 1 rings (SSSR count). The van der Waals surface area contributed by atoms with Gasteiger partial charge in [0.15, 0.2) is 0 Å². The molecule has 0 amide bonds. The zero-order valence-electron chi connectivity index (χ0n) is 13.5. The smallest absolute Gasteiger partial charge is 0.119 e. The van der Waals surface area contributed by atoms with Crippen LogP contribution in [-0.4, -0.2) is 51.4 Å². The number of allylic oxidation sites excluding steroid dienone is 3. The van der Waals surface area contributed by atoms with Gasteiger partial charge in [-0.25, -0.2) is 9.87 Å². The summed E-state index contributed by atoms with van der Waals surface area (Å²) in [7, 11) is 3.70. The number of halogens is 1. The molecule has 1 fully saturated rings. The van der Waals surface area contributed by atoms with Gasteiger partial charge in [-0.2, -0.15) is 0 Å². The van der Waals surface area contributed by atoms with Crippen LogP contribution in [0.25, 0.3) is 0 Å². The second kappa shape index (κ2) is 10.9. The van der Waals surface area contributed by atoms with E-state index in [1.165, 1.54) is 6.08 Å². The summed E-state index contributed by atoms with van der Waals surface area (Å²) in [5.74, 6) is 0.130. The molecular formula is C16H29FN2O2. The highest BCUT2D eigenvalue weighted by Gasteiger charge is 2.15. The summed E-state index contributed by atoms with van der Waals surface area (Å²) in [5, 5.41) is 0. The third-order valence-electron chi connectivity index (χ3n) is 3.66. The zero-order valence-corrected chi connectivity index (χ0v) is 13.5. The van der Waals surface area contributed by atoms with Crippen LogP contribution in [0.2, 0.25) is 0 Å². The largest absolute Gasteiger partial charge is 0.374 e. The van der Waals surface area contributed by atoms with E-state index < -0.39 is 0 Å². The Morgan fingerprint density at radius 1 is 1.43 bits per heavy atom. The van der Waals surface area contributed by atoms with E-state index in [1.54, 1.807) is 19.3 Å². The molecular weight excluding hydrogens is 271 g/mol. The van der Waals surface area contributed by atoms with Gasteiger partial charge in [-0.05, 0) is 44.4 Å². The van der Waals surface area contributed by atoms with Crippen molar-refractivity contribution in [2.75, 3.05) is 40.4 Å². The second-order valence-corrected chi connectivity index (χ2v) is 5.72. The minimum absolute atomic E-state index is 0.203. The minimum atomic E-state index is -0.203. The fourth-order valence-corrected chi connectivity index (χ4v) is 2.19. The molecule has 0 aliphatic carbocycles. The number of hydrogen-bond acceptors (Lipinski definition) is 4. The van der Waals surface area contributed by atoms with Crippen molar-refractivity contribution < 1.29 is 14.0 Å². The van der Waals surface area contributed by atoms with Gasteiger partial charge in [0.1, 0.15) is 5.83 Å². The van der Waals surface area contributed by atoms with Crippen molar-refractivity contribution in [2.24, 2.45) is 5.92 Å². The summed E-state index contributed by atoms with van der Waals surface area (Å²) < 4.78 is 19.3. The maximum absolute atomic E-state index is 13.6. The van der Waals surface area contributed by atoms with E-state index in [-0.39, 0.29) is 5.83 Å². The van der Waals surface area contributed by atoms with Gasteiger partial charge in [0, 0.05) is 19.6 Å². The highest BCUT2D eigenvalue weighted by Crippen LogP contribution is 2.12. The van der Waals surface area contributed by atoms with Gasteiger partial charge in [-0.15, -0.1) is 0 Å². The molecule has 0 aromatic heterocycles. The molecule has 1 aliphatic heterocycles. The first kappa shape index (κ1) is 18.3. The Morgan fingerprint density at radius 3 is 2.81 bits per heavy atom. The Bertz CT molecular complexity index is 326. The summed E-state index contributed by atoms with van der Waals surface area (Å²) in [5.41, 5.74) is 2.77. The third-order valence-corrected chi connectivity index (χ3v) is 3.66. The molecule has 4 nitrogen and oxygen atoms in total. The molecule has 1 aliphatic rings. The number of piperidine rings is 1. The Labute approximate surface area is 127 Å². The predicted molar refractivity (Wildman–Crippen MR) is 83.6 cm³/mol. The van der Waals surface area contributed by atoms with Gasteiger partial charge in [-0.3, -0.25) is 0 Å². The van der Waals surface area contributed by atoms with Crippen LogP contribution in [0, 0.1) is 5.92 Å². The van der Waals surface area contributed by atoms with Gasteiger partial charge < -0.3 is 14.5 Å². The van der Waals surface area contributed by atoms with Crippen LogP contribution in [0.5, 0.6) is 0 Å². The quantitative estimate of drug-likeness (QED) is 0.524. The highest BCUT2D eigenvalue weighted by atomic mass is 19.1. The summed E-state index contributed by atoms with van der Waals surface area (Å²) in [6.45, 7) is 5.40. The zero-order chi connectivity index (χ0) is 15.5. The maximum Gasteiger partial charge on any atom is 0.119 e. The van der Waals surface area contributed by atoms with Crippen LogP contribution < -0.4 is 5.48 Å². The Kier molecular flexibility index (Phi) is 9.50. The topological polar surface area (TPSA) is 33.7 Å². The van der Waals surface area contributed by atoms with Crippen LogP contribution in [0.4, 0.5) is 4.39 Å². The maximum atomic E-state index is 13.6. The van der Waals surface area contributed by atoms with E-state index in [0.717, 1.165) is 25.9 Å². The molecule has 0 aromatic carbocycles. The van der Waals surface area contributed by atoms with Crippen molar-refractivity contribution in [3.63, 3.8) is 0 Å². The number of hydrogen-bond donors (Lipinski definition) is 1. The first-order valence-electron chi connectivity index (χ1n) is 7.70. The lowest BCUT2D eigenvalue weighted by molar-refractivity contribution is 0.0279. The van der Waals surface area contributed by atoms with E-state index in [0.29, 0.717) is 31.6 Å². The van der Waals surface area contributed by atoms with Crippen LogP contribution in [0.3, 0.4) is 0 Å². The van der Waals surface area contributed by atoms with E-state index in [1.807, 2.05) is 6.92 Å². The molecule has 1 N–H and O–H groups in total. The molecule has 21 heavy (non-hydrogen) atoms. The highest BCUT2D eigenvalue weighted by molar-refractivity contribution is 5.11. The molecule has 0 spiro atoms. The van der Waals surface area contributed by atoms with Gasteiger partial charge in [-0.1, -0.05) is 13.0 Å². The van der Waals surface area contributed by atoms with Crippen LogP contribution in [0.1, 0.15) is 26.2 Å². The molecule has 0 saturated carbocycles. The fourth-order valence-electron chi connectivity index (χ4n) is 2.19. The number of nitrogens with zero attached hydrogens (tertiary/aromatic N) is 1. The molecule has 1 unspecified atom stereocenters. The molecule has 5 heteroatoms. The summed E-state index contributed by atoms with van der Waals surface area (Å²) in [6.07, 6.45) is 7.97. The Morgan fingerprint density at radius 2 is 2.14 bits per heavy atom. The number of ether oxygens (including phenoxy) is 1. The summed E-state index contributed by atoms with van der Waals surface area (Å²) >= 11 is 0. The van der Waals surface area contributed by atoms with Crippen molar-refractivity contribution in [3.8, 4) is 0 Å². The van der Waals surface area contributed by atoms with Crippen molar-refractivity contribution >= 4 is 0 Å². The Balaban J connectivity index is 2.14. The molecule has 1 heterocycles. The third kappa shape index (κ3) is 8.98. The second-order valence-electron chi connectivity index (χ2n) is 5.72. The first-order valence-corrected chi connectivity index (χ1v) is 7.70. The number of nitrogens with one attached hydrogen (secondary N) is 1. The first-order chi connectivity index (χ1) is 10.1. The average Bonchev–Trinajstić information content (AvgIpc) is 2.49. The number of hydroxylamine groups is 1. The Hall–Kier alpha value is -0.750. The van der Waals surface area contributed by atoms with E-state index in [2.05, 4.69) is 17.4 Å². The fraction of sp³-hybridized carbons (Fsp3) is 0.750. The van der Waals surface area contributed by atoms with Gasteiger partial charge in [0.05, 0.1) is 19.8 Å². The molecule has 1 saturated heterocycles. The molecule has 0 bridgehead atoms. The predicted octanol–water partition coefficient (Wildman–Crippen LogP) is 2.68. The van der Waals surface area contributed by atoms with Gasteiger partial charge in [0.2, 0.25) is 0 Å². The minimum Gasteiger partial charge on any atom is -0.374 e. The van der Waals surface area contributed by atoms with Crippen molar-refractivity contribution in [1.29, 1.82) is 0 Å². The molecule has 0 aromatic rings. The van der Waals surface area contributed by atoms with Crippen LogP contribution in [0.15, 0.2) is 24.1 Å². The average molecular weight is 300 g/mol. The molecule has 1 atom stereocenters. The summed E-state index contributed by atoms with van der Waals surface area (Å²) in [6, 6.07) is 0. The monoisotopic (exact) mass is 300 g/mol. The van der Waals surface area contributed by atoms with Crippen molar-refractivity contribution in [3.05, 3.63) is 24.1 Å². The number of rotatable bonds is 9. The van der Waals surface area contributed by atoms with E-state index in [4.69, 9.17) is 9.57 Å². The van der Waals surface area contributed by atoms with Crippen LogP contribution in [-0.2, 0) is 9.57 Å². The number of likely N-dealkylation sites (tertiary alicyclic amines) is 1. The normalized spacial score (nSPS) is 20.3. The standard InChI is InChI=1S/C16H29FN2O2/c1-14(13-18-20-3)6-7-15(17)5-4-12-21-16-8-10-19(2)11-9-16/h4-5,7,14,16,18H,6,8-13H2,1-3H3/b5-4-,15-7+.